The largest absolute Gasteiger partial charge is 0.493 e. The van der Waals surface area contributed by atoms with Crippen molar-refractivity contribution in [2.75, 3.05) is 40.4 Å². The van der Waals surface area contributed by atoms with Gasteiger partial charge in [0.15, 0.2) is 5.58 Å². The standard InChI is InChI=1S/C43H59N3O5Si/c1-42(2,3)50-41(47)46-25-23-31(24-26-46)19-21-38-36-20-22-39(37(28-45(7)8)40(36)51-44-38)48-29-32-27-33(32)30-49-52(43(4,5)6,34-15-11-9-12-16-34)35-17-13-10-14-18-35/h9-18,20,22,31-33H,19,21,23-30H2,1-8H3/t32-,33+/m0/s1. The van der Waals surface area contributed by atoms with Crippen LogP contribution in [0.4, 0.5) is 4.79 Å². The first-order valence-corrected chi connectivity index (χ1v) is 21.1. The molecule has 52 heavy (non-hydrogen) atoms. The van der Waals surface area contributed by atoms with Crippen LogP contribution in [0, 0.1) is 17.8 Å². The zero-order chi connectivity index (χ0) is 37.1. The SMILES string of the molecule is CN(C)Cc1c(OC[C@@H]2C[C@@H]2CO[Si](c2ccccc2)(c2ccccc2)C(C)(C)C)ccc2c(CCC3CCN(C(=O)OC(C)(C)C)CC3)noc12. The molecule has 0 unspecified atom stereocenters. The first kappa shape index (κ1) is 38.1. The second-order valence-electron chi connectivity index (χ2n) is 17.3. The molecule has 1 aromatic heterocycles. The van der Waals surface area contributed by atoms with Crippen LogP contribution in [0.2, 0.25) is 5.04 Å². The minimum atomic E-state index is -2.56. The third-order valence-corrected chi connectivity index (χ3v) is 15.8. The van der Waals surface area contributed by atoms with E-state index in [1.807, 2.05) is 25.7 Å². The summed E-state index contributed by atoms with van der Waals surface area (Å²) in [5.74, 6) is 2.34. The Labute approximate surface area is 311 Å². The van der Waals surface area contributed by atoms with Crippen molar-refractivity contribution < 1.29 is 23.2 Å². The molecule has 1 aliphatic carbocycles. The van der Waals surface area contributed by atoms with Gasteiger partial charge in [-0.1, -0.05) is 86.6 Å². The second kappa shape index (κ2) is 15.7. The molecule has 1 amide bonds. The van der Waals surface area contributed by atoms with E-state index in [0.29, 0.717) is 30.9 Å². The topological polar surface area (TPSA) is 77.3 Å². The molecule has 2 heterocycles. The molecule has 3 aromatic carbocycles. The number of aromatic nitrogens is 1. The highest BCUT2D eigenvalue weighted by Crippen LogP contribution is 2.43. The summed E-state index contributed by atoms with van der Waals surface area (Å²) in [4.78, 5) is 16.5. The predicted molar refractivity (Wildman–Crippen MR) is 211 cm³/mol. The van der Waals surface area contributed by atoms with E-state index in [1.54, 1.807) is 0 Å². The Kier molecular flexibility index (Phi) is 11.5. The lowest BCUT2D eigenvalue weighted by molar-refractivity contribution is 0.0181. The first-order valence-electron chi connectivity index (χ1n) is 19.2. The van der Waals surface area contributed by atoms with Gasteiger partial charge in [0.2, 0.25) is 0 Å². The molecule has 2 fully saturated rings. The summed E-state index contributed by atoms with van der Waals surface area (Å²) in [6, 6.07) is 26.0. The van der Waals surface area contributed by atoms with Gasteiger partial charge in [0.1, 0.15) is 11.4 Å². The van der Waals surface area contributed by atoms with Crippen LogP contribution >= 0.6 is 0 Å². The van der Waals surface area contributed by atoms with E-state index >= 15 is 0 Å². The fourth-order valence-corrected chi connectivity index (χ4v) is 12.5. The Morgan fingerprint density at radius 2 is 1.50 bits per heavy atom. The number of carbonyl (C=O) groups is 1. The quantitative estimate of drug-likeness (QED) is 0.129. The molecule has 0 bridgehead atoms. The smallest absolute Gasteiger partial charge is 0.410 e. The van der Waals surface area contributed by atoms with E-state index < -0.39 is 13.9 Å². The van der Waals surface area contributed by atoms with Gasteiger partial charge >= 0.3 is 6.09 Å². The Morgan fingerprint density at radius 3 is 2.08 bits per heavy atom. The molecule has 280 valence electrons. The monoisotopic (exact) mass is 725 g/mol. The van der Waals surface area contributed by atoms with Crippen molar-refractivity contribution in [2.45, 2.75) is 90.8 Å². The van der Waals surface area contributed by atoms with Crippen molar-refractivity contribution >= 4 is 35.8 Å². The lowest BCUT2D eigenvalue weighted by Gasteiger charge is -2.43. The molecule has 0 spiro atoms. The van der Waals surface area contributed by atoms with E-state index in [-0.39, 0.29) is 11.1 Å². The summed E-state index contributed by atoms with van der Waals surface area (Å²) in [5, 5.41) is 8.23. The van der Waals surface area contributed by atoms with Crippen LogP contribution < -0.4 is 15.1 Å². The minimum absolute atomic E-state index is 0.0393. The van der Waals surface area contributed by atoms with Gasteiger partial charge in [-0.05, 0) is 112 Å². The highest BCUT2D eigenvalue weighted by atomic mass is 28.4. The molecule has 9 heteroatoms. The summed E-state index contributed by atoms with van der Waals surface area (Å²) in [5.41, 5.74) is 2.40. The van der Waals surface area contributed by atoms with Crippen molar-refractivity contribution in [1.82, 2.24) is 15.0 Å². The normalized spacial score (nSPS) is 18.6. The average molecular weight is 726 g/mol. The summed E-state index contributed by atoms with van der Waals surface area (Å²) in [6.45, 7) is 16.3. The summed E-state index contributed by atoms with van der Waals surface area (Å²) >= 11 is 0. The molecule has 2 atom stereocenters. The van der Waals surface area contributed by atoms with Crippen LogP contribution in [0.5, 0.6) is 5.75 Å². The van der Waals surface area contributed by atoms with Crippen molar-refractivity contribution in [3.63, 3.8) is 0 Å². The van der Waals surface area contributed by atoms with Crippen LogP contribution in [-0.2, 0) is 22.1 Å². The Bertz CT molecular complexity index is 1730. The number of hydrogen-bond donors (Lipinski definition) is 0. The summed E-state index contributed by atoms with van der Waals surface area (Å²) < 4.78 is 25.5. The fraction of sp³-hybridized carbons (Fsp3) is 0.535. The Morgan fingerprint density at radius 1 is 0.885 bits per heavy atom. The van der Waals surface area contributed by atoms with Gasteiger partial charge in [0.25, 0.3) is 8.32 Å². The van der Waals surface area contributed by atoms with Crippen molar-refractivity contribution in [1.29, 1.82) is 0 Å². The van der Waals surface area contributed by atoms with Crippen LogP contribution in [0.25, 0.3) is 11.0 Å². The summed E-state index contributed by atoms with van der Waals surface area (Å²) in [7, 11) is 1.58. The lowest BCUT2D eigenvalue weighted by atomic mass is 9.91. The van der Waals surface area contributed by atoms with Crippen molar-refractivity contribution in [3.05, 3.63) is 84.1 Å². The molecule has 2 aliphatic rings. The zero-order valence-electron chi connectivity index (χ0n) is 32.6. The fourth-order valence-electron chi connectivity index (χ4n) is 7.85. The molecule has 4 aromatic rings. The number of aryl methyl sites for hydroxylation is 1. The number of ether oxygens (including phenoxy) is 2. The van der Waals surface area contributed by atoms with E-state index in [9.17, 15) is 4.79 Å². The third kappa shape index (κ3) is 8.75. The number of likely N-dealkylation sites (tertiary alicyclic amines) is 1. The number of hydrogen-bond acceptors (Lipinski definition) is 7. The van der Waals surface area contributed by atoms with Gasteiger partial charge in [-0.15, -0.1) is 0 Å². The maximum absolute atomic E-state index is 12.5. The van der Waals surface area contributed by atoms with Crippen LogP contribution in [0.1, 0.15) is 78.5 Å². The van der Waals surface area contributed by atoms with E-state index in [0.717, 1.165) is 79.8 Å². The molecule has 6 rings (SSSR count). The van der Waals surface area contributed by atoms with E-state index in [1.165, 1.54) is 10.4 Å². The maximum Gasteiger partial charge on any atom is 0.410 e. The number of fused-ring (bicyclic) bond motifs is 1. The van der Waals surface area contributed by atoms with Crippen LogP contribution in [0.3, 0.4) is 0 Å². The average Bonchev–Trinajstić information content (AvgIpc) is 3.73. The van der Waals surface area contributed by atoms with Gasteiger partial charge in [-0.25, -0.2) is 4.79 Å². The lowest BCUT2D eigenvalue weighted by Crippen LogP contribution is -2.66. The van der Waals surface area contributed by atoms with E-state index in [2.05, 4.69) is 118 Å². The number of carbonyl (C=O) groups excluding carboxylic acids is 1. The molecule has 0 N–H and O–H groups in total. The Hall–Kier alpha value is -3.66. The molecular weight excluding hydrogens is 667 g/mol. The molecule has 1 aliphatic heterocycles. The Balaban J connectivity index is 1.08. The highest BCUT2D eigenvalue weighted by Gasteiger charge is 2.51. The van der Waals surface area contributed by atoms with Gasteiger partial charge in [0.05, 0.1) is 17.9 Å². The molecule has 1 saturated carbocycles. The highest BCUT2D eigenvalue weighted by molar-refractivity contribution is 6.99. The number of benzene rings is 3. The molecule has 1 saturated heterocycles. The van der Waals surface area contributed by atoms with Crippen molar-refractivity contribution in [3.8, 4) is 5.75 Å². The maximum atomic E-state index is 12.5. The van der Waals surface area contributed by atoms with Crippen LogP contribution in [0.15, 0.2) is 77.3 Å². The molecular formula is C43H59N3O5Si. The predicted octanol–water partition coefficient (Wildman–Crippen LogP) is 8.06. The van der Waals surface area contributed by atoms with Gasteiger partial charge < -0.3 is 28.2 Å². The number of amides is 1. The third-order valence-electron chi connectivity index (χ3n) is 10.8. The molecule has 8 nitrogen and oxygen atoms in total. The van der Waals surface area contributed by atoms with Gasteiger partial charge in [0, 0.05) is 31.6 Å². The number of piperidine rings is 1. The number of nitrogens with zero attached hydrogens (tertiary/aromatic N) is 3. The van der Waals surface area contributed by atoms with Gasteiger partial charge in [-0.3, -0.25) is 0 Å². The van der Waals surface area contributed by atoms with E-state index in [4.69, 9.17) is 18.4 Å². The first-order chi connectivity index (χ1) is 24.7. The van der Waals surface area contributed by atoms with Crippen LogP contribution in [-0.4, -0.2) is 75.4 Å². The zero-order valence-corrected chi connectivity index (χ0v) is 33.6. The summed E-state index contributed by atoms with van der Waals surface area (Å²) in [6.07, 6.45) is 4.71. The second-order valence-corrected chi connectivity index (χ2v) is 21.6. The van der Waals surface area contributed by atoms with Gasteiger partial charge in [-0.2, -0.15) is 0 Å². The molecule has 0 radical (unpaired) electrons. The number of rotatable bonds is 13. The van der Waals surface area contributed by atoms with Crippen molar-refractivity contribution in [2.24, 2.45) is 17.8 Å². The minimum Gasteiger partial charge on any atom is -0.493 e.